The number of fused-ring (bicyclic) bond motifs is 2. The number of rotatable bonds is 3. The minimum atomic E-state index is 0.0932. The van der Waals surface area contributed by atoms with Gasteiger partial charge >= 0.3 is 0 Å². The number of aromatic nitrogens is 4. The standard InChI is InChI=1S/C28H33N7O2/c1-18-10-20-11-24(22-14-30-32(3)16-22)21(13-29)12-27(20)34(15-18)28-25-17-33(19(2)36)7-4-26(25)35(31-28)23-5-8-37-9-6-23/h11-12,14,16,18,23H,4-10,15,17H2,1-3H3/t18-/m1/s1. The van der Waals surface area contributed by atoms with Gasteiger partial charge in [-0.15, -0.1) is 0 Å². The van der Waals surface area contributed by atoms with E-state index in [4.69, 9.17) is 9.84 Å². The van der Waals surface area contributed by atoms with Gasteiger partial charge in [0.15, 0.2) is 5.82 Å². The molecule has 9 heteroatoms. The second-order valence-corrected chi connectivity index (χ2v) is 10.7. The number of nitriles is 1. The van der Waals surface area contributed by atoms with Crippen molar-refractivity contribution in [2.24, 2.45) is 13.0 Å². The van der Waals surface area contributed by atoms with Gasteiger partial charge in [-0.25, -0.2) is 0 Å². The van der Waals surface area contributed by atoms with E-state index >= 15 is 0 Å². The number of carbonyl (C=O) groups is 1. The number of aryl methyl sites for hydroxylation is 1. The smallest absolute Gasteiger partial charge is 0.219 e. The summed E-state index contributed by atoms with van der Waals surface area (Å²) in [7, 11) is 1.89. The summed E-state index contributed by atoms with van der Waals surface area (Å²) in [6.45, 7) is 7.52. The fourth-order valence-corrected chi connectivity index (χ4v) is 6.14. The van der Waals surface area contributed by atoms with Gasteiger partial charge in [0.2, 0.25) is 5.91 Å². The zero-order chi connectivity index (χ0) is 25.7. The molecule has 5 heterocycles. The average Bonchev–Trinajstić information content (AvgIpc) is 3.51. The maximum absolute atomic E-state index is 12.3. The Labute approximate surface area is 217 Å². The molecule has 0 N–H and O–H groups in total. The third-order valence-electron chi connectivity index (χ3n) is 8.01. The van der Waals surface area contributed by atoms with Crippen molar-refractivity contribution >= 4 is 17.4 Å². The van der Waals surface area contributed by atoms with Crippen molar-refractivity contribution < 1.29 is 9.53 Å². The monoisotopic (exact) mass is 499 g/mol. The fraction of sp³-hybridized carbons (Fsp3) is 0.500. The first-order chi connectivity index (χ1) is 17.9. The van der Waals surface area contributed by atoms with Crippen molar-refractivity contribution in [3.63, 3.8) is 0 Å². The Morgan fingerprint density at radius 3 is 2.76 bits per heavy atom. The lowest BCUT2D eigenvalue weighted by atomic mass is 9.89. The van der Waals surface area contributed by atoms with Crippen LogP contribution in [0.4, 0.5) is 11.5 Å². The molecule has 0 bridgehead atoms. The zero-order valence-corrected chi connectivity index (χ0v) is 21.8. The minimum absolute atomic E-state index is 0.0932. The van der Waals surface area contributed by atoms with Gasteiger partial charge in [0.25, 0.3) is 0 Å². The first-order valence-corrected chi connectivity index (χ1v) is 13.2. The van der Waals surface area contributed by atoms with E-state index in [9.17, 15) is 10.1 Å². The summed E-state index contributed by atoms with van der Waals surface area (Å²) >= 11 is 0. The van der Waals surface area contributed by atoms with Crippen LogP contribution in [-0.4, -0.2) is 56.7 Å². The van der Waals surface area contributed by atoms with Gasteiger partial charge in [0.05, 0.1) is 30.4 Å². The predicted octanol–water partition coefficient (Wildman–Crippen LogP) is 3.74. The molecule has 3 aliphatic rings. The minimum Gasteiger partial charge on any atom is -0.381 e. The molecule has 0 unspecified atom stereocenters. The highest BCUT2D eigenvalue weighted by Crippen LogP contribution is 2.42. The number of ether oxygens (including phenoxy) is 1. The first kappa shape index (κ1) is 23.7. The van der Waals surface area contributed by atoms with Gasteiger partial charge in [-0.1, -0.05) is 6.92 Å². The number of carbonyl (C=O) groups excluding carboxylic acids is 1. The van der Waals surface area contributed by atoms with Crippen LogP contribution in [0.2, 0.25) is 0 Å². The van der Waals surface area contributed by atoms with Crippen molar-refractivity contribution in [3.8, 4) is 17.2 Å². The zero-order valence-electron chi connectivity index (χ0n) is 21.8. The van der Waals surface area contributed by atoms with E-state index in [-0.39, 0.29) is 5.91 Å². The molecule has 6 rings (SSSR count). The second kappa shape index (κ2) is 9.34. The first-order valence-electron chi connectivity index (χ1n) is 13.2. The van der Waals surface area contributed by atoms with E-state index in [0.717, 1.165) is 80.2 Å². The van der Waals surface area contributed by atoms with Crippen LogP contribution in [0.15, 0.2) is 24.5 Å². The molecule has 0 radical (unpaired) electrons. The highest BCUT2D eigenvalue weighted by Gasteiger charge is 2.34. The van der Waals surface area contributed by atoms with Crippen LogP contribution < -0.4 is 4.90 Å². The van der Waals surface area contributed by atoms with E-state index < -0.39 is 0 Å². The molecule has 37 heavy (non-hydrogen) atoms. The Bertz CT molecular complexity index is 1390. The summed E-state index contributed by atoms with van der Waals surface area (Å²) in [5.74, 6) is 1.44. The normalized spacial score (nSPS) is 19.9. The molecule has 1 saturated heterocycles. The van der Waals surface area contributed by atoms with Gasteiger partial charge in [-0.2, -0.15) is 15.5 Å². The van der Waals surface area contributed by atoms with Crippen LogP contribution in [-0.2, 0) is 36.0 Å². The molecule has 3 aliphatic heterocycles. The van der Waals surface area contributed by atoms with E-state index in [2.05, 4.69) is 33.7 Å². The summed E-state index contributed by atoms with van der Waals surface area (Å²) in [6.07, 6.45) is 7.41. The number of anilines is 2. The fourth-order valence-electron chi connectivity index (χ4n) is 6.14. The van der Waals surface area contributed by atoms with E-state index in [1.54, 1.807) is 11.6 Å². The van der Waals surface area contributed by atoms with E-state index in [1.807, 2.05) is 30.4 Å². The third-order valence-corrected chi connectivity index (χ3v) is 8.01. The van der Waals surface area contributed by atoms with Gasteiger partial charge in [-0.05, 0) is 42.9 Å². The van der Waals surface area contributed by atoms with Gasteiger partial charge in [0, 0.05) is 81.0 Å². The Morgan fingerprint density at radius 2 is 2.05 bits per heavy atom. The summed E-state index contributed by atoms with van der Waals surface area (Å²) in [5, 5.41) is 19.7. The molecule has 2 aromatic heterocycles. The molecule has 0 spiro atoms. The summed E-state index contributed by atoms with van der Waals surface area (Å²) < 4.78 is 9.63. The molecule has 192 valence electrons. The van der Waals surface area contributed by atoms with Crippen LogP contribution in [0, 0.1) is 17.2 Å². The van der Waals surface area contributed by atoms with Crippen molar-refractivity contribution in [3.05, 3.63) is 46.9 Å². The Morgan fingerprint density at radius 1 is 1.24 bits per heavy atom. The lowest BCUT2D eigenvalue weighted by Crippen LogP contribution is -2.36. The topological polar surface area (TPSA) is 92.2 Å². The summed E-state index contributed by atoms with van der Waals surface area (Å²) in [5.41, 5.74) is 7.14. The molecule has 1 aromatic carbocycles. The van der Waals surface area contributed by atoms with E-state index in [1.165, 1.54) is 11.3 Å². The highest BCUT2D eigenvalue weighted by atomic mass is 16.5. The number of nitrogens with zero attached hydrogens (tertiary/aromatic N) is 7. The highest BCUT2D eigenvalue weighted by molar-refractivity contribution is 5.79. The van der Waals surface area contributed by atoms with Crippen LogP contribution in [0.1, 0.15) is 55.1 Å². The SMILES string of the molecule is CC(=O)N1CCc2c(c(N3C[C@H](C)Cc4cc(-c5cnn(C)c5)c(C#N)cc43)nn2C2CCOCC2)C1. The van der Waals surface area contributed by atoms with Crippen molar-refractivity contribution in [1.82, 2.24) is 24.5 Å². The number of hydrogen-bond donors (Lipinski definition) is 0. The molecule has 0 saturated carbocycles. The van der Waals surface area contributed by atoms with Gasteiger partial charge in [-0.3, -0.25) is 14.2 Å². The summed E-state index contributed by atoms with van der Waals surface area (Å²) in [4.78, 5) is 16.6. The third kappa shape index (κ3) is 4.19. The molecular formula is C28H33N7O2. The van der Waals surface area contributed by atoms with Gasteiger partial charge in [0.1, 0.15) is 0 Å². The van der Waals surface area contributed by atoms with E-state index in [0.29, 0.717) is 24.1 Å². The molecule has 0 aliphatic carbocycles. The lowest BCUT2D eigenvalue weighted by molar-refractivity contribution is -0.129. The molecule has 1 fully saturated rings. The molecule has 3 aromatic rings. The Hall–Kier alpha value is -3.64. The predicted molar refractivity (Wildman–Crippen MR) is 139 cm³/mol. The van der Waals surface area contributed by atoms with Crippen molar-refractivity contribution in [2.45, 2.75) is 52.1 Å². The lowest BCUT2D eigenvalue weighted by Gasteiger charge is -2.35. The van der Waals surface area contributed by atoms with Crippen molar-refractivity contribution in [1.29, 1.82) is 5.26 Å². The average molecular weight is 500 g/mol. The second-order valence-electron chi connectivity index (χ2n) is 10.7. The molecule has 1 atom stereocenters. The van der Waals surface area contributed by atoms with Crippen LogP contribution >= 0.6 is 0 Å². The van der Waals surface area contributed by atoms with Crippen LogP contribution in [0.5, 0.6) is 0 Å². The maximum Gasteiger partial charge on any atom is 0.219 e. The Balaban J connectivity index is 1.48. The number of benzene rings is 1. The maximum atomic E-state index is 12.3. The number of amides is 1. The summed E-state index contributed by atoms with van der Waals surface area (Å²) in [6, 6.07) is 6.92. The van der Waals surface area contributed by atoms with Crippen molar-refractivity contribution in [2.75, 3.05) is 31.2 Å². The van der Waals surface area contributed by atoms with Crippen LogP contribution in [0.3, 0.4) is 0 Å². The number of hydrogen-bond acceptors (Lipinski definition) is 6. The molecule has 1 amide bonds. The molecule has 9 nitrogen and oxygen atoms in total. The quantitative estimate of drug-likeness (QED) is 0.545. The van der Waals surface area contributed by atoms with Crippen LogP contribution in [0.25, 0.3) is 11.1 Å². The van der Waals surface area contributed by atoms with Gasteiger partial charge < -0.3 is 14.5 Å². The largest absolute Gasteiger partial charge is 0.381 e. The Kier molecular flexibility index (Phi) is 6.00. The molecular weight excluding hydrogens is 466 g/mol.